The van der Waals surface area contributed by atoms with Gasteiger partial charge >= 0.3 is 0 Å². The molecule has 0 atom stereocenters. The number of nitrogens with zero attached hydrogens (tertiary/aromatic N) is 2. The van der Waals surface area contributed by atoms with Crippen molar-refractivity contribution in [3.8, 4) is 5.88 Å². The molecule has 0 saturated carbocycles. The van der Waals surface area contributed by atoms with Crippen molar-refractivity contribution in [3.63, 3.8) is 0 Å². The summed E-state index contributed by atoms with van der Waals surface area (Å²) < 4.78 is 29.0. The largest absolute Gasteiger partial charge is 0.471 e. The summed E-state index contributed by atoms with van der Waals surface area (Å²) >= 11 is 0. The molecule has 0 amide bonds. The van der Waals surface area contributed by atoms with Crippen molar-refractivity contribution in [3.05, 3.63) is 17.1 Å². The molecule has 0 aliphatic heterocycles. The molecule has 0 radical (unpaired) electrons. The maximum atomic E-state index is 12.0. The minimum atomic E-state index is -2.46. The van der Waals surface area contributed by atoms with Crippen LogP contribution in [0.3, 0.4) is 0 Å². The molecule has 0 N–H and O–H groups in total. The molecule has 0 spiro atoms. The molecule has 1 aliphatic rings. The van der Waals surface area contributed by atoms with E-state index in [1.165, 1.54) is 0 Å². The zero-order valence-corrected chi connectivity index (χ0v) is 8.46. The molecule has 15 heavy (non-hydrogen) atoms. The minimum absolute atomic E-state index is 0.343. The van der Waals surface area contributed by atoms with Gasteiger partial charge in [-0.1, -0.05) is 0 Å². The van der Waals surface area contributed by atoms with E-state index in [0.717, 1.165) is 30.5 Å². The summed E-state index contributed by atoms with van der Waals surface area (Å²) in [7, 11) is 0. The van der Waals surface area contributed by atoms with E-state index in [4.69, 9.17) is 4.74 Å². The Labute approximate surface area is 86.5 Å². The van der Waals surface area contributed by atoms with Crippen LogP contribution in [0, 0.1) is 6.92 Å². The summed E-state index contributed by atoms with van der Waals surface area (Å²) in [4.78, 5) is 8.31. The molecular formula is C10H12F2N2O. The van der Waals surface area contributed by atoms with Gasteiger partial charge in [-0.2, -0.15) is 4.98 Å². The van der Waals surface area contributed by atoms with Gasteiger partial charge in [0.2, 0.25) is 5.88 Å². The highest BCUT2D eigenvalue weighted by molar-refractivity contribution is 5.34. The molecule has 0 fully saturated rings. The van der Waals surface area contributed by atoms with E-state index in [0.29, 0.717) is 11.7 Å². The van der Waals surface area contributed by atoms with Gasteiger partial charge in [0.1, 0.15) is 5.82 Å². The summed E-state index contributed by atoms with van der Waals surface area (Å²) in [5.74, 6) is 0.926. The number of hydrogen-bond donors (Lipinski definition) is 0. The summed E-state index contributed by atoms with van der Waals surface area (Å²) in [6.07, 6.45) is 0.258. The predicted octanol–water partition coefficient (Wildman–Crippen LogP) is 1.92. The molecule has 0 saturated heterocycles. The Balaban J connectivity index is 2.22. The van der Waals surface area contributed by atoms with Crippen LogP contribution in [0.4, 0.5) is 8.78 Å². The summed E-state index contributed by atoms with van der Waals surface area (Å²) in [6.45, 7) is 1.15. The molecule has 0 bridgehead atoms. The average molecular weight is 214 g/mol. The molecule has 2 rings (SSSR count). The summed E-state index contributed by atoms with van der Waals surface area (Å²) in [6, 6.07) is 0. The Morgan fingerprint density at radius 1 is 1.33 bits per heavy atom. The van der Waals surface area contributed by atoms with Crippen molar-refractivity contribution in [2.75, 3.05) is 6.61 Å². The topological polar surface area (TPSA) is 35.0 Å². The lowest BCUT2D eigenvalue weighted by atomic mass is 10.2. The second kappa shape index (κ2) is 4.08. The molecule has 0 aromatic carbocycles. The van der Waals surface area contributed by atoms with Crippen LogP contribution in [0.25, 0.3) is 0 Å². The molecule has 1 aromatic rings. The Kier molecular flexibility index (Phi) is 2.79. The smallest absolute Gasteiger partial charge is 0.272 e. The fourth-order valence-corrected chi connectivity index (χ4v) is 1.78. The van der Waals surface area contributed by atoms with Crippen LogP contribution in [-0.2, 0) is 12.8 Å². The van der Waals surface area contributed by atoms with E-state index < -0.39 is 13.0 Å². The van der Waals surface area contributed by atoms with Crippen molar-refractivity contribution in [1.82, 2.24) is 9.97 Å². The van der Waals surface area contributed by atoms with Crippen molar-refractivity contribution in [1.29, 1.82) is 0 Å². The fraction of sp³-hybridized carbons (Fsp3) is 0.600. The molecule has 1 heterocycles. The molecule has 82 valence electrons. The number of halogens is 2. The van der Waals surface area contributed by atoms with E-state index >= 15 is 0 Å². The van der Waals surface area contributed by atoms with Gasteiger partial charge in [-0.15, -0.1) is 0 Å². The maximum absolute atomic E-state index is 12.0. The Morgan fingerprint density at radius 2 is 2.13 bits per heavy atom. The van der Waals surface area contributed by atoms with Crippen LogP contribution in [-0.4, -0.2) is 23.0 Å². The first-order valence-electron chi connectivity index (χ1n) is 4.94. The number of rotatable bonds is 3. The van der Waals surface area contributed by atoms with Crippen LogP contribution >= 0.6 is 0 Å². The number of hydrogen-bond acceptors (Lipinski definition) is 3. The van der Waals surface area contributed by atoms with Gasteiger partial charge in [0, 0.05) is 5.56 Å². The Morgan fingerprint density at radius 3 is 2.87 bits per heavy atom. The number of aromatic nitrogens is 2. The van der Waals surface area contributed by atoms with Gasteiger partial charge in [0.05, 0.1) is 5.69 Å². The lowest BCUT2D eigenvalue weighted by molar-refractivity contribution is 0.0789. The average Bonchev–Trinajstić information content (AvgIpc) is 2.61. The van der Waals surface area contributed by atoms with Gasteiger partial charge in [0.25, 0.3) is 6.43 Å². The van der Waals surface area contributed by atoms with Gasteiger partial charge in [-0.05, 0) is 26.2 Å². The molecular weight excluding hydrogens is 202 g/mol. The third-order valence-corrected chi connectivity index (χ3v) is 2.35. The number of alkyl halides is 2. The molecule has 0 unspecified atom stereocenters. The first-order valence-corrected chi connectivity index (χ1v) is 4.94. The minimum Gasteiger partial charge on any atom is -0.471 e. The summed E-state index contributed by atoms with van der Waals surface area (Å²) in [5, 5.41) is 0. The third-order valence-electron chi connectivity index (χ3n) is 2.35. The van der Waals surface area contributed by atoms with Crippen LogP contribution in [0.2, 0.25) is 0 Å². The van der Waals surface area contributed by atoms with E-state index in [1.54, 1.807) is 6.92 Å². The highest BCUT2D eigenvalue weighted by atomic mass is 19.3. The van der Waals surface area contributed by atoms with Crippen molar-refractivity contribution >= 4 is 0 Å². The maximum Gasteiger partial charge on any atom is 0.272 e. The summed E-state index contributed by atoms with van der Waals surface area (Å²) in [5.41, 5.74) is 1.85. The quantitative estimate of drug-likeness (QED) is 0.771. The normalized spacial score (nSPS) is 14.4. The Bertz CT molecular complexity index is 369. The zero-order valence-electron chi connectivity index (χ0n) is 8.46. The monoisotopic (exact) mass is 214 g/mol. The van der Waals surface area contributed by atoms with E-state index in [-0.39, 0.29) is 0 Å². The molecule has 1 aliphatic carbocycles. The highest BCUT2D eigenvalue weighted by Gasteiger charge is 2.20. The first kappa shape index (κ1) is 10.3. The van der Waals surface area contributed by atoms with Crippen LogP contribution in [0.15, 0.2) is 0 Å². The van der Waals surface area contributed by atoms with Gasteiger partial charge in [-0.25, -0.2) is 13.8 Å². The van der Waals surface area contributed by atoms with Crippen molar-refractivity contribution < 1.29 is 13.5 Å². The third kappa shape index (κ3) is 2.22. The second-order valence-corrected chi connectivity index (χ2v) is 3.56. The van der Waals surface area contributed by atoms with Gasteiger partial charge in [-0.3, -0.25) is 0 Å². The first-order chi connectivity index (χ1) is 7.16. The number of fused-ring (bicyclic) bond motifs is 1. The van der Waals surface area contributed by atoms with Crippen LogP contribution in [0.1, 0.15) is 23.5 Å². The standard InChI is InChI=1S/C10H12F2N2O/c1-6-13-8-4-2-3-7(8)10(14-6)15-5-9(11)12/h9H,2-5H2,1H3. The lowest BCUT2D eigenvalue weighted by Gasteiger charge is -2.09. The van der Waals surface area contributed by atoms with Crippen molar-refractivity contribution in [2.45, 2.75) is 32.6 Å². The van der Waals surface area contributed by atoms with Crippen LogP contribution < -0.4 is 4.74 Å². The lowest BCUT2D eigenvalue weighted by Crippen LogP contribution is -2.11. The zero-order chi connectivity index (χ0) is 10.8. The van der Waals surface area contributed by atoms with Crippen LogP contribution in [0.5, 0.6) is 5.88 Å². The fourth-order valence-electron chi connectivity index (χ4n) is 1.78. The van der Waals surface area contributed by atoms with E-state index in [2.05, 4.69) is 9.97 Å². The van der Waals surface area contributed by atoms with E-state index in [9.17, 15) is 8.78 Å². The second-order valence-electron chi connectivity index (χ2n) is 3.56. The van der Waals surface area contributed by atoms with Gasteiger partial charge in [0.15, 0.2) is 6.61 Å². The van der Waals surface area contributed by atoms with Gasteiger partial charge < -0.3 is 4.74 Å². The Hall–Kier alpha value is -1.26. The molecule has 3 nitrogen and oxygen atoms in total. The highest BCUT2D eigenvalue weighted by Crippen LogP contribution is 2.27. The molecule has 5 heteroatoms. The SMILES string of the molecule is Cc1nc2c(c(OCC(F)F)n1)CCC2. The van der Waals surface area contributed by atoms with E-state index in [1.807, 2.05) is 0 Å². The predicted molar refractivity (Wildman–Crippen MR) is 50.3 cm³/mol. The molecule has 1 aromatic heterocycles. The van der Waals surface area contributed by atoms with Crippen molar-refractivity contribution in [2.24, 2.45) is 0 Å². The number of ether oxygens (including phenoxy) is 1. The number of aryl methyl sites for hydroxylation is 2.